The predicted octanol–water partition coefficient (Wildman–Crippen LogP) is 3.29. The van der Waals surface area contributed by atoms with E-state index in [-0.39, 0.29) is 17.6 Å². The van der Waals surface area contributed by atoms with Gasteiger partial charge in [-0.1, -0.05) is 18.2 Å². The summed E-state index contributed by atoms with van der Waals surface area (Å²) >= 11 is 0. The second-order valence-corrected chi connectivity index (χ2v) is 8.41. The third-order valence-electron chi connectivity index (χ3n) is 6.14. The van der Waals surface area contributed by atoms with E-state index in [0.717, 1.165) is 19.3 Å². The van der Waals surface area contributed by atoms with Gasteiger partial charge in [0.2, 0.25) is 0 Å². The molecule has 2 rings (SSSR count). The maximum Gasteiger partial charge on any atom is 0.333 e. The molecule has 5 atom stereocenters. The number of methoxy groups -OCH3 is 1. The quantitative estimate of drug-likeness (QED) is 0.339. The number of esters is 1. The highest BCUT2D eigenvalue weighted by Crippen LogP contribution is 2.46. The van der Waals surface area contributed by atoms with Gasteiger partial charge in [-0.25, -0.2) is 4.79 Å². The number of carbonyl (C=O) groups excluding carboxylic acids is 1. The van der Waals surface area contributed by atoms with Crippen LogP contribution in [0, 0.1) is 5.92 Å². The molecule has 0 radical (unpaired) electrons. The fourth-order valence-electron chi connectivity index (χ4n) is 3.81. The molecule has 5 nitrogen and oxygen atoms in total. The minimum absolute atomic E-state index is 0.0837. The summed E-state index contributed by atoms with van der Waals surface area (Å²) in [7, 11) is 1.35. The molecule has 1 fully saturated rings. The summed E-state index contributed by atoms with van der Waals surface area (Å²) in [5.74, 6) is -0.551. The van der Waals surface area contributed by atoms with Crippen molar-refractivity contribution in [3.63, 3.8) is 0 Å². The Bertz CT molecular complexity index is 565. The van der Waals surface area contributed by atoms with E-state index >= 15 is 0 Å². The first kappa shape index (κ1) is 21.1. The molecule has 0 amide bonds. The molecule has 1 heterocycles. The Kier molecular flexibility index (Phi) is 6.70. The molecule has 1 aliphatic heterocycles. The molecular formula is C21H34O5. The van der Waals surface area contributed by atoms with Crippen molar-refractivity contribution in [2.24, 2.45) is 5.92 Å². The van der Waals surface area contributed by atoms with Crippen LogP contribution in [0.2, 0.25) is 0 Å². The molecule has 0 bridgehead atoms. The second-order valence-electron chi connectivity index (χ2n) is 8.41. The Labute approximate surface area is 157 Å². The topological polar surface area (TPSA) is 79.3 Å². The van der Waals surface area contributed by atoms with Crippen LogP contribution in [0.4, 0.5) is 0 Å². The molecule has 2 aliphatic rings. The van der Waals surface area contributed by atoms with E-state index in [2.05, 4.69) is 26.5 Å². The summed E-state index contributed by atoms with van der Waals surface area (Å²) in [5.41, 5.74) is 0.290. The van der Waals surface area contributed by atoms with Crippen molar-refractivity contribution in [2.45, 2.75) is 89.1 Å². The third-order valence-corrected chi connectivity index (χ3v) is 6.14. The molecule has 0 saturated carbocycles. The highest BCUT2D eigenvalue weighted by molar-refractivity contribution is 5.88. The Hall–Kier alpha value is -1.17. The summed E-state index contributed by atoms with van der Waals surface area (Å²) < 4.78 is 10.8. The first-order valence-electron chi connectivity index (χ1n) is 9.60. The zero-order chi connectivity index (χ0) is 19.5. The van der Waals surface area contributed by atoms with Crippen LogP contribution >= 0.6 is 0 Å². The van der Waals surface area contributed by atoms with Gasteiger partial charge in [0.05, 0.1) is 30.5 Å². The summed E-state index contributed by atoms with van der Waals surface area (Å²) in [6, 6.07) is 0. The molecule has 2 N–H and O–H groups in total. The van der Waals surface area contributed by atoms with Crippen LogP contribution in [0.3, 0.4) is 0 Å². The average Bonchev–Trinajstić information content (AvgIpc) is 3.23. The van der Waals surface area contributed by atoms with Crippen LogP contribution in [0.15, 0.2) is 23.8 Å². The summed E-state index contributed by atoms with van der Waals surface area (Å²) in [6.07, 6.45) is 6.25. The van der Waals surface area contributed by atoms with Crippen molar-refractivity contribution in [3.05, 3.63) is 23.8 Å². The molecular weight excluding hydrogens is 332 g/mol. The predicted molar refractivity (Wildman–Crippen MR) is 101 cm³/mol. The van der Waals surface area contributed by atoms with Gasteiger partial charge in [0.15, 0.2) is 0 Å². The minimum atomic E-state index is -1.20. The van der Waals surface area contributed by atoms with Crippen LogP contribution in [0.25, 0.3) is 0 Å². The number of epoxide rings is 1. The Morgan fingerprint density at radius 1 is 1.35 bits per heavy atom. The van der Waals surface area contributed by atoms with Crippen molar-refractivity contribution in [3.8, 4) is 0 Å². The van der Waals surface area contributed by atoms with Gasteiger partial charge in [-0.15, -0.1) is 0 Å². The van der Waals surface area contributed by atoms with Crippen LogP contribution < -0.4 is 0 Å². The van der Waals surface area contributed by atoms with Crippen molar-refractivity contribution in [1.82, 2.24) is 0 Å². The normalized spacial score (nSPS) is 41.2. The first-order valence-corrected chi connectivity index (χ1v) is 9.60. The maximum absolute atomic E-state index is 12.0. The second kappa shape index (κ2) is 8.24. The third kappa shape index (κ3) is 5.18. The van der Waals surface area contributed by atoms with Crippen LogP contribution in [0.1, 0.15) is 65.7 Å². The number of fused-ring (bicyclic) bond motifs is 1. The van der Waals surface area contributed by atoms with Gasteiger partial charge in [0.25, 0.3) is 0 Å². The highest BCUT2D eigenvalue weighted by atomic mass is 16.6. The van der Waals surface area contributed by atoms with Crippen molar-refractivity contribution in [2.75, 3.05) is 7.11 Å². The number of rotatable bonds is 2. The fourth-order valence-corrected chi connectivity index (χ4v) is 3.81. The number of hydrogen-bond acceptors (Lipinski definition) is 5. The van der Waals surface area contributed by atoms with E-state index in [4.69, 9.17) is 9.47 Å². The first-order chi connectivity index (χ1) is 12.1. The lowest BCUT2D eigenvalue weighted by atomic mass is 9.81. The molecule has 26 heavy (non-hydrogen) atoms. The van der Waals surface area contributed by atoms with E-state index in [9.17, 15) is 15.0 Å². The SMILES string of the molecule is C=C(C(=O)OC)C1CC[C@](C)(O)[C@H](O)CC/C(C)=C/CC[C@]2(C)O[C@H]2C1. The molecule has 0 aromatic heterocycles. The highest BCUT2D eigenvalue weighted by Gasteiger charge is 2.52. The Balaban J connectivity index is 2.18. The van der Waals surface area contributed by atoms with E-state index in [1.807, 2.05) is 0 Å². The molecule has 148 valence electrons. The Morgan fingerprint density at radius 3 is 2.69 bits per heavy atom. The number of carbonyl (C=O) groups is 1. The van der Waals surface area contributed by atoms with Gasteiger partial charge in [-0.05, 0) is 71.6 Å². The number of aliphatic hydroxyl groups is 2. The largest absolute Gasteiger partial charge is 0.466 e. The van der Waals surface area contributed by atoms with E-state index in [0.29, 0.717) is 31.3 Å². The van der Waals surface area contributed by atoms with E-state index in [1.54, 1.807) is 6.92 Å². The standard InChI is InChI=1S/C21H34O5/c1-14-7-6-11-21(4)18(26-21)13-16(15(2)19(23)25-5)10-12-20(3,24)17(22)9-8-14/h7,16-18,22,24H,2,6,8-13H2,1,3-5H3/b14-7+/t16?,17-,18+,20+,21+/m1/s1. The minimum Gasteiger partial charge on any atom is -0.466 e. The molecule has 1 saturated heterocycles. The molecule has 5 heteroatoms. The van der Waals surface area contributed by atoms with Gasteiger partial charge in [-0.3, -0.25) is 0 Å². The lowest BCUT2D eigenvalue weighted by Gasteiger charge is -2.31. The maximum atomic E-state index is 12.0. The Morgan fingerprint density at radius 2 is 2.04 bits per heavy atom. The van der Waals surface area contributed by atoms with Gasteiger partial charge in [0.1, 0.15) is 0 Å². The monoisotopic (exact) mass is 366 g/mol. The van der Waals surface area contributed by atoms with E-state index < -0.39 is 17.7 Å². The van der Waals surface area contributed by atoms with E-state index in [1.165, 1.54) is 12.7 Å². The van der Waals surface area contributed by atoms with Crippen molar-refractivity contribution >= 4 is 5.97 Å². The summed E-state index contributed by atoms with van der Waals surface area (Å²) in [4.78, 5) is 12.0. The zero-order valence-electron chi connectivity index (χ0n) is 16.6. The molecule has 1 unspecified atom stereocenters. The van der Waals surface area contributed by atoms with Gasteiger partial charge >= 0.3 is 5.97 Å². The number of allylic oxidation sites excluding steroid dienone is 2. The number of aliphatic hydroxyl groups excluding tert-OH is 1. The average molecular weight is 366 g/mol. The number of ether oxygens (including phenoxy) is 2. The van der Waals surface area contributed by atoms with Crippen LogP contribution in [-0.4, -0.2) is 46.7 Å². The van der Waals surface area contributed by atoms with Crippen LogP contribution in [-0.2, 0) is 14.3 Å². The molecule has 1 aliphatic carbocycles. The van der Waals surface area contributed by atoms with Crippen molar-refractivity contribution < 1.29 is 24.5 Å². The van der Waals surface area contributed by atoms with Gasteiger partial charge in [0, 0.05) is 5.57 Å². The summed E-state index contributed by atoms with van der Waals surface area (Å²) in [6.45, 7) is 9.77. The zero-order valence-corrected chi connectivity index (χ0v) is 16.6. The van der Waals surface area contributed by atoms with Crippen LogP contribution in [0.5, 0.6) is 0 Å². The molecule has 0 aromatic carbocycles. The van der Waals surface area contributed by atoms with Crippen molar-refractivity contribution in [1.29, 1.82) is 0 Å². The smallest absolute Gasteiger partial charge is 0.333 e. The fraction of sp³-hybridized carbons (Fsp3) is 0.762. The van der Waals surface area contributed by atoms with Gasteiger partial charge in [-0.2, -0.15) is 0 Å². The molecule has 0 spiro atoms. The number of hydrogen-bond donors (Lipinski definition) is 2. The lowest BCUT2D eigenvalue weighted by molar-refractivity contribution is -0.136. The lowest BCUT2D eigenvalue weighted by Crippen LogP contribution is -2.40. The van der Waals surface area contributed by atoms with Gasteiger partial charge < -0.3 is 19.7 Å². The molecule has 0 aromatic rings. The summed E-state index contributed by atoms with van der Waals surface area (Å²) in [5, 5.41) is 21.1.